The highest BCUT2D eigenvalue weighted by Gasteiger charge is 2.27. The molecule has 3 nitrogen and oxygen atoms in total. The molecule has 0 saturated heterocycles. The van der Waals surface area contributed by atoms with Gasteiger partial charge in [0.25, 0.3) is 0 Å². The first kappa shape index (κ1) is 11.0. The Kier molecular flexibility index (Phi) is 3.13. The summed E-state index contributed by atoms with van der Waals surface area (Å²) in [5.41, 5.74) is 1.96. The van der Waals surface area contributed by atoms with Crippen molar-refractivity contribution < 1.29 is 4.79 Å². The Morgan fingerprint density at radius 2 is 1.81 bits per heavy atom. The van der Waals surface area contributed by atoms with Crippen molar-refractivity contribution in [2.75, 3.05) is 10.6 Å². The first-order chi connectivity index (χ1) is 7.65. The van der Waals surface area contributed by atoms with Crippen molar-refractivity contribution in [3.8, 4) is 0 Å². The molecule has 0 aliphatic heterocycles. The minimum Gasteiger partial charge on any atom is -0.382 e. The van der Waals surface area contributed by atoms with Crippen molar-refractivity contribution in [1.82, 2.24) is 0 Å². The van der Waals surface area contributed by atoms with E-state index in [-0.39, 0.29) is 5.91 Å². The van der Waals surface area contributed by atoms with Gasteiger partial charge in [-0.05, 0) is 49.9 Å². The smallest absolute Gasteiger partial charge is 0.221 e. The van der Waals surface area contributed by atoms with E-state index < -0.39 is 0 Å². The molecule has 2 N–H and O–H groups in total. The maximum absolute atomic E-state index is 10.8. The molecule has 1 saturated carbocycles. The van der Waals surface area contributed by atoms with E-state index in [9.17, 15) is 4.79 Å². The average molecular weight is 218 g/mol. The van der Waals surface area contributed by atoms with Crippen LogP contribution in [0.4, 0.5) is 11.4 Å². The summed E-state index contributed by atoms with van der Waals surface area (Å²) in [6, 6.07) is 8.40. The molecule has 0 spiro atoms. The molecular weight excluding hydrogens is 200 g/mol. The van der Waals surface area contributed by atoms with Crippen LogP contribution < -0.4 is 10.6 Å². The number of rotatable bonds is 4. The van der Waals surface area contributed by atoms with Crippen LogP contribution in [0.1, 0.15) is 26.7 Å². The fraction of sp³-hybridized carbons (Fsp3) is 0.462. The number of benzene rings is 1. The Balaban J connectivity index is 1.93. The van der Waals surface area contributed by atoms with Crippen molar-refractivity contribution >= 4 is 17.3 Å². The molecule has 86 valence electrons. The summed E-state index contributed by atoms with van der Waals surface area (Å²) in [6.45, 7) is 3.74. The Bertz CT molecular complexity index is 368. The van der Waals surface area contributed by atoms with E-state index >= 15 is 0 Å². The molecule has 1 unspecified atom stereocenters. The average Bonchev–Trinajstić information content (AvgIpc) is 3.03. The van der Waals surface area contributed by atoms with Crippen LogP contribution in [0.5, 0.6) is 0 Å². The number of hydrogen-bond acceptors (Lipinski definition) is 2. The molecular formula is C13H18N2O. The third-order valence-corrected chi connectivity index (χ3v) is 2.93. The quantitative estimate of drug-likeness (QED) is 0.816. The Hall–Kier alpha value is -1.51. The van der Waals surface area contributed by atoms with E-state index in [1.807, 2.05) is 24.3 Å². The van der Waals surface area contributed by atoms with Crippen molar-refractivity contribution in [3.05, 3.63) is 24.3 Å². The van der Waals surface area contributed by atoms with Gasteiger partial charge >= 0.3 is 0 Å². The predicted octanol–water partition coefficient (Wildman–Crippen LogP) is 2.86. The van der Waals surface area contributed by atoms with Crippen LogP contribution in [0, 0.1) is 5.92 Å². The number of carbonyl (C=O) groups is 1. The second-order valence-electron chi connectivity index (χ2n) is 4.53. The lowest BCUT2D eigenvalue weighted by molar-refractivity contribution is -0.114. The molecule has 1 amide bonds. The number of nitrogens with one attached hydrogen (secondary N) is 2. The minimum absolute atomic E-state index is 0.0351. The molecule has 1 aliphatic rings. The van der Waals surface area contributed by atoms with Crippen molar-refractivity contribution in [2.45, 2.75) is 32.7 Å². The van der Waals surface area contributed by atoms with Crippen LogP contribution >= 0.6 is 0 Å². The van der Waals surface area contributed by atoms with Crippen LogP contribution in [0.15, 0.2) is 24.3 Å². The van der Waals surface area contributed by atoms with Crippen LogP contribution in [0.2, 0.25) is 0 Å². The van der Waals surface area contributed by atoms with Gasteiger partial charge in [0, 0.05) is 24.3 Å². The number of amides is 1. The van der Waals surface area contributed by atoms with Gasteiger partial charge < -0.3 is 10.6 Å². The molecule has 0 bridgehead atoms. The molecule has 1 aliphatic carbocycles. The molecule has 0 heterocycles. The summed E-state index contributed by atoms with van der Waals surface area (Å²) in [5, 5.41) is 6.23. The Morgan fingerprint density at radius 1 is 1.25 bits per heavy atom. The largest absolute Gasteiger partial charge is 0.382 e. The third-order valence-electron chi connectivity index (χ3n) is 2.93. The van der Waals surface area contributed by atoms with Crippen LogP contribution in [0.25, 0.3) is 0 Å². The standard InChI is InChI=1S/C13H18N2O/c1-9(11-3-4-11)14-12-5-7-13(8-6-12)15-10(2)16/h5-9,11,14H,3-4H2,1-2H3,(H,15,16). The van der Waals surface area contributed by atoms with E-state index in [1.54, 1.807) is 0 Å². The normalized spacial score (nSPS) is 16.6. The van der Waals surface area contributed by atoms with Gasteiger partial charge in [0.1, 0.15) is 0 Å². The number of carbonyl (C=O) groups excluding carboxylic acids is 1. The zero-order chi connectivity index (χ0) is 11.5. The lowest BCUT2D eigenvalue weighted by Gasteiger charge is -2.14. The van der Waals surface area contributed by atoms with Crippen LogP contribution in [-0.2, 0) is 4.79 Å². The summed E-state index contributed by atoms with van der Waals surface area (Å²) in [6.07, 6.45) is 2.69. The van der Waals surface area contributed by atoms with E-state index in [0.29, 0.717) is 6.04 Å². The monoisotopic (exact) mass is 218 g/mol. The number of anilines is 2. The van der Waals surface area contributed by atoms with Crippen LogP contribution in [-0.4, -0.2) is 11.9 Å². The Labute approximate surface area is 96.2 Å². The summed E-state index contributed by atoms with van der Waals surface area (Å²) in [4.78, 5) is 10.8. The molecule has 16 heavy (non-hydrogen) atoms. The summed E-state index contributed by atoms with van der Waals surface area (Å²) in [5.74, 6) is 0.807. The van der Waals surface area contributed by atoms with Crippen LogP contribution in [0.3, 0.4) is 0 Å². The molecule has 1 atom stereocenters. The van der Waals surface area contributed by atoms with E-state index in [4.69, 9.17) is 0 Å². The van der Waals surface area contributed by atoms with Crippen molar-refractivity contribution in [3.63, 3.8) is 0 Å². The molecule has 1 fully saturated rings. The zero-order valence-electron chi connectivity index (χ0n) is 9.79. The highest BCUT2D eigenvalue weighted by Crippen LogP contribution is 2.34. The predicted molar refractivity (Wildman–Crippen MR) is 66.6 cm³/mol. The molecule has 0 radical (unpaired) electrons. The Morgan fingerprint density at radius 3 is 2.31 bits per heavy atom. The fourth-order valence-electron chi connectivity index (χ4n) is 1.83. The molecule has 1 aromatic rings. The van der Waals surface area contributed by atoms with Gasteiger partial charge in [0.15, 0.2) is 0 Å². The minimum atomic E-state index is -0.0351. The van der Waals surface area contributed by atoms with E-state index in [1.165, 1.54) is 19.8 Å². The van der Waals surface area contributed by atoms with Gasteiger partial charge in [-0.3, -0.25) is 4.79 Å². The summed E-state index contributed by atoms with van der Waals surface area (Å²) < 4.78 is 0. The van der Waals surface area contributed by atoms with Gasteiger partial charge in [-0.1, -0.05) is 0 Å². The molecule has 2 rings (SSSR count). The van der Waals surface area contributed by atoms with E-state index in [2.05, 4.69) is 17.6 Å². The highest BCUT2D eigenvalue weighted by molar-refractivity contribution is 5.88. The second-order valence-corrected chi connectivity index (χ2v) is 4.53. The topological polar surface area (TPSA) is 41.1 Å². The second kappa shape index (κ2) is 4.56. The first-order valence-electron chi connectivity index (χ1n) is 5.79. The first-order valence-corrected chi connectivity index (χ1v) is 5.79. The fourth-order valence-corrected chi connectivity index (χ4v) is 1.83. The zero-order valence-corrected chi connectivity index (χ0v) is 9.79. The lowest BCUT2D eigenvalue weighted by Crippen LogP contribution is -2.17. The van der Waals surface area contributed by atoms with Gasteiger partial charge in [-0.15, -0.1) is 0 Å². The molecule has 1 aromatic carbocycles. The van der Waals surface area contributed by atoms with Gasteiger partial charge in [0.2, 0.25) is 5.91 Å². The van der Waals surface area contributed by atoms with Gasteiger partial charge in [-0.25, -0.2) is 0 Å². The summed E-state index contributed by atoms with van der Waals surface area (Å²) in [7, 11) is 0. The van der Waals surface area contributed by atoms with Gasteiger partial charge in [-0.2, -0.15) is 0 Å². The van der Waals surface area contributed by atoms with Gasteiger partial charge in [0.05, 0.1) is 0 Å². The maximum atomic E-state index is 10.8. The van der Waals surface area contributed by atoms with Crippen molar-refractivity contribution in [2.24, 2.45) is 5.92 Å². The number of hydrogen-bond donors (Lipinski definition) is 2. The van der Waals surface area contributed by atoms with Crippen molar-refractivity contribution in [1.29, 1.82) is 0 Å². The molecule has 3 heteroatoms. The third kappa shape index (κ3) is 2.99. The lowest BCUT2D eigenvalue weighted by atomic mass is 10.2. The highest BCUT2D eigenvalue weighted by atomic mass is 16.1. The van der Waals surface area contributed by atoms with E-state index in [0.717, 1.165) is 17.3 Å². The molecule has 0 aromatic heterocycles. The maximum Gasteiger partial charge on any atom is 0.221 e. The summed E-state index contributed by atoms with van der Waals surface area (Å²) >= 11 is 0. The SMILES string of the molecule is CC(=O)Nc1ccc(NC(C)C2CC2)cc1.